The van der Waals surface area contributed by atoms with Crippen molar-refractivity contribution in [1.82, 2.24) is 5.32 Å². The standard InChI is InChI=1S/C17H14F6N2O2/c1-8-7-25-14(9(2)27-8)13(6-24)15(26)10-3-11(16(18,19)20)5-12(4-10)17(21,22)23/h3-5,8-9,25H,7H2,1-2H3/b14-13-. The first-order valence-corrected chi connectivity index (χ1v) is 7.72. The molecule has 1 aliphatic heterocycles. The fraction of sp³-hybridized carbons (Fsp3) is 0.412. The van der Waals surface area contributed by atoms with Gasteiger partial charge in [0.25, 0.3) is 0 Å². The van der Waals surface area contributed by atoms with Gasteiger partial charge in [0.1, 0.15) is 11.6 Å². The van der Waals surface area contributed by atoms with Crippen molar-refractivity contribution in [2.45, 2.75) is 38.4 Å². The quantitative estimate of drug-likeness (QED) is 0.357. The molecule has 4 nitrogen and oxygen atoms in total. The van der Waals surface area contributed by atoms with Crippen LogP contribution in [0.2, 0.25) is 0 Å². The summed E-state index contributed by atoms with van der Waals surface area (Å²) in [5, 5.41) is 12.1. The molecule has 27 heavy (non-hydrogen) atoms. The van der Waals surface area contributed by atoms with Crippen LogP contribution < -0.4 is 5.32 Å². The van der Waals surface area contributed by atoms with Crippen molar-refractivity contribution in [1.29, 1.82) is 5.26 Å². The molecule has 0 amide bonds. The number of rotatable bonds is 2. The molecule has 146 valence electrons. The van der Waals surface area contributed by atoms with Crippen molar-refractivity contribution < 1.29 is 35.9 Å². The van der Waals surface area contributed by atoms with Crippen LogP contribution in [0.3, 0.4) is 0 Å². The highest BCUT2D eigenvalue weighted by molar-refractivity contribution is 6.12. The van der Waals surface area contributed by atoms with Gasteiger partial charge in [0.15, 0.2) is 0 Å². The third-order valence-electron chi connectivity index (χ3n) is 3.88. The van der Waals surface area contributed by atoms with Gasteiger partial charge < -0.3 is 10.1 Å². The Morgan fingerprint density at radius 1 is 1.11 bits per heavy atom. The van der Waals surface area contributed by atoms with Crippen LogP contribution in [0.15, 0.2) is 29.5 Å². The molecule has 0 aliphatic carbocycles. The number of nitrogens with one attached hydrogen (secondary N) is 1. The highest BCUT2D eigenvalue weighted by Gasteiger charge is 2.38. The van der Waals surface area contributed by atoms with E-state index in [9.17, 15) is 36.4 Å². The Morgan fingerprint density at radius 2 is 1.63 bits per heavy atom. The molecule has 10 heteroatoms. The number of alkyl halides is 6. The minimum atomic E-state index is -5.09. The van der Waals surface area contributed by atoms with Crippen LogP contribution in [-0.2, 0) is 17.1 Å². The van der Waals surface area contributed by atoms with Gasteiger partial charge in [0.2, 0.25) is 5.78 Å². The third kappa shape index (κ3) is 4.60. The van der Waals surface area contributed by atoms with Gasteiger partial charge in [-0.2, -0.15) is 31.6 Å². The lowest BCUT2D eigenvalue weighted by molar-refractivity contribution is -0.143. The molecule has 0 radical (unpaired) electrons. The smallest absolute Gasteiger partial charge is 0.382 e. The number of Topliss-reactive ketones (excluding diaryl/α,β-unsaturated/α-hetero) is 1. The number of nitrogens with zero attached hydrogens (tertiary/aromatic N) is 1. The number of halogens is 6. The molecule has 0 spiro atoms. The van der Waals surface area contributed by atoms with E-state index in [4.69, 9.17) is 4.74 Å². The number of carbonyl (C=O) groups is 1. The lowest BCUT2D eigenvalue weighted by Crippen LogP contribution is -2.41. The fourth-order valence-corrected chi connectivity index (χ4v) is 2.62. The van der Waals surface area contributed by atoms with Crippen LogP contribution in [0.4, 0.5) is 26.3 Å². The number of hydrogen-bond donors (Lipinski definition) is 1. The predicted octanol–water partition coefficient (Wildman–Crippen LogP) is 4.08. The van der Waals surface area contributed by atoms with E-state index in [1.807, 2.05) is 0 Å². The molecule has 0 saturated carbocycles. The molecule has 0 bridgehead atoms. The largest absolute Gasteiger partial charge is 0.416 e. The molecule has 1 aliphatic rings. The number of morpholine rings is 1. The summed E-state index contributed by atoms with van der Waals surface area (Å²) >= 11 is 0. The maximum atomic E-state index is 13.0. The van der Waals surface area contributed by atoms with E-state index in [-0.39, 0.29) is 24.4 Å². The maximum Gasteiger partial charge on any atom is 0.416 e. The summed E-state index contributed by atoms with van der Waals surface area (Å²) in [6.07, 6.45) is -11.2. The lowest BCUT2D eigenvalue weighted by atomic mass is 9.96. The molecule has 2 unspecified atom stereocenters. The highest BCUT2D eigenvalue weighted by atomic mass is 19.4. The summed E-state index contributed by atoms with van der Waals surface area (Å²) in [4.78, 5) is 12.5. The Morgan fingerprint density at radius 3 is 2.04 bits per heavy atom. The Bertz CT molecular complexity index is 788. The molecular formula is C17H14F6N2O2. The van der Waals surface area contributed by atoms with Crippen LogP contribution >= 0.6 is 0 Å². The third-order valence-corrected chi connectivity index (χ3v) is 3.88. The molecule has 1 aromatic rings. The Labute approximate surface area is 150 Å². The summed E-state index contributed by atoms with van der Waals surface area (Å²) in [7, 11) is 0. The van der Waals surface area contributed by atoms with Gasteiger partial charge in [-0.3, -0.25) is 4.79 Å². The summed E-state index contributed by atoms with van der Waals surface area (Å²) in [5.41, 5.74) is -4.71. The number of hydrogen-bond acceptors (Lipinski definition) is 4. The number of ether oxygens (including phenoxy) is 1. The van der Waals surface area contributed by atoms with Crippen molar-refractivity contribution in [3.05, 3.63) is 46.2 Å². The average molecular weight is 392 g/mol. The van der Waals surface area contributed by atoms with Crippen molar-refractivity contribution in [2.24, 2.45) is 0 Å². The zero-order valence-electron chi connectivity index (χ0n) is 14.1. The van der Waals surface area contributed by atoms with E-state index in [1.54, 1.807) is 13.0 Å². The summed E-state index contributed by atoms with van der Waals surface area (Å²) in [5.74, 6) is -1.25. The molecule has 1 N–H and O–H groups in total. The summed E-state index contributed by atoms with van der Waals surface area (Å²) in [6.45, 7) is 3.46. The van der Waals surface area contributed by atoms with Gasteiger partial charge in [-0.25, -0.2) is 0 Å². The molecule has 1 heterocycles. The number of benzene rings is 1. The zero-order valence-corrected chi connectivity index (χ0v) is 14.1. The van der Waals surface area contributed by atoms with E-state index in [0.29, 0.717) is 12.1 Å². The van der Waals surface area contributed by atoms with Gasteiger partial charge in [-0.05, 0) is 32.0 Å². The highest BCUT2D eigenvalue weighted by Crippen LogP contribution is 2.37. The topological polar surface area (TPSA) is 62.1 Å². The first kappa shape index (κ1) is 20.8. The van der Waals surface area contributed by atoms with Gasteiger partial charge in [0.05, 0.1) is 29.0 Å². The SMILES string of the molecule is CC1CN/C(=C(/C#N)C(=O)c2cc(C(F)(F)F)cc(C(F)(F)F)c2)C(C)O1. The first-order valence-electron chi connectivity index (χ1n) is 7.72. The molecule has 0 aromatic heterocycles. The summed E-state index contributed by atoms with van der Waals surface area (Å²) < 4.78 is 83.2. The van der Waals surface area contributed by atoms with Gasteiger partial charge in [-0.15, -0.1) is 0 Å². The average Bonchev–Trinajstić information content (AvgIpc) is 2.55. The van der Waals surface area contributed by atoms with Crippen LogP contribution in [0, 0.1) is 11.3 Å². The zero-order chi connectivity index (χ0) is 20.6. The minimum absolute atomic E-state index is 0.0200. The normalized spacial score (nSPS) is 22.6. The Hall–Kier alpha value is -2.54. The maximum absolute atomic E-state index is 13.0. The predicted molar refractivity (Wildman–Crippen MR) is 81.4 cm³/mol. The number of carbonyl (C=O) groups excluding carboxylic acids is 1. The van der Waals surface area contributed by atoms with Gasteiger partial charge >= 0.3 is 12.4 Å². The van der Waals surface area contributed by atoms with Crippen molar-refractivity contribution in [3.8, 4) is 6.07 Å². The second-order valence-electron chi connectivity index (χ2n) is 5.99. The monoisotopic (exact) mass is 392 g/mol. The first-order chi connectivity index (χ1) is 12.3. The van der Waals surface area contributed by atoms with Gasteiger partial charge in [0, 0.05) is 12.1 Å². The lowest BCUT2D eigenvalue weighted by Gasteiger charge is -2.30. The number of allylic oxidation sites excluding steroid dienone is 1. The van der Waals surface area contributed by atoms with E-state index in [2.05, 4.69) is 5.32 Å². The van der Waals surface area contributed by atoms with Crippen LogP contribution in [0.1, 0.15) is 35.3 Å². The second kappa shape index (κ2) is 7.23. The molecule has 1 fully saturated rings. The second-order valence-corrected chi connectivity index (χ2v) is 5.99. The Kier molecular flexibility index (Phi) is 5.56. The molecule has 2 rings (SSSR count). The minimum Gasteiger partial charge on any atom is -0.382 e. The van der Waals surface area contributed by atoms with Crippen LogP contribution in [0.5, 0.6) is 0 Å². The summed E-state index contributed by atoms with van der Waals surface area (Å²) in [6, 6.07) is 2.07. The molecule has 1 saturated heterocycles. The molecular weight excluding hydrogens is 378 g/mol. The van der Waals surface area contributed by atoms with E-state index < -0.39 is 46.5 Å². The van der Waals surface area contributed by atoms with E-state index >= 15 is 0 Å². The molecule has 2 atom stereocenters. The molecule has 1 aromatic carbocycles. The Balaban J connectivity index is 2.59. The fourth-order valence-electron chi connectivity index (χ4n) is 2.62. The number of nitriles is 1. The number of ketones is 1. The van der Waals surface area contributed by atoms with Crippen molar-refractivity contribution in [2.75, 3.05) is 6.54 Å². The van der Waals surface area contributed by atoms with Crippen molar-refractivity contribution in [3.63, 3.8) is 0 Å². The van der Waals surface area contributed by atoms with Crippen molar-refractivity contribution >= 4 is 5.78 Å². The van der Waals surface area contributed by atoms with Crippen LogP contribution in [-0.4, -0.2) is 24.5 Å². The van der Waals surface area contributed by atoms with E-state index in [0.717, 1.165) is 0 Å². The van der Waals surface area contributed by atoms with Crippen LogP contribution in [0.25, 0.3) is 0 Å². The van der Waals surface area contributed by atoms with E-state index in [1.165, 1.54) is 6.92 Å². The van der Waals surface area contributed by atoms with Gasteiger partial charge in [-0.1, -0.05) is 0 Å².